The molecule has 0 aromatic carbocycles. The fraction of sp³-hybridized carbons (Fsp3) is 0.167. The van der Waals surface area contributed by atoms with Crippen molar-refractivity contribution >= 4 is 23.2 Å². The summed E-state index contributed by atoms with van der Waals surface area (Å²) in [6, 6.07) is 11.4. The van der Waals surface area contributed by atoms with Crippen LogP contribution in [-0.4, -0.2) is 22.7 Å². The molecule has 4 heteroatoms. The summed E-state index contributed by atoms with van der Waals surface area (Å²) in [6.45, 7) is 0. The molecule has 0 aliphatic carbocycles. The Morgan fingerprint density at radius 2 is 0.750 bits per heavy atom. The van der Waals surface area contributed by atoms with Crippen molar-refractivity contribution in [2.45, 2.75) is 0 Å². The highest BCUT2D eigenvalue weighted by atomic mass is 35.5. The maximum atomic E-state index is 4.64. The highest BCUT2D eigenvalue weighted by Gasteiger charge is 1.59. The summed E-state index contributed by atoms with van der Waals surface area (Å²) in [5.41, 5.74) is 0. The molecule has 0 atom stereocenters. The van der Waals surface area contributed by atoms with Crippen molar-refractivity contribution < 1.29 is 0 Å². The molecule has 0 saturated carbocycles. The Morgan fingerprint density at radius 1 is 0.500 bits per heavy atom. The third kappa shape index (κ3) is 15.4. The molecular weight excluding hydrogens is 243 g/mol. The lowest BCUT2D eigenvalue weighted by Gasteiger charge is -1.70. The second-order valence-corrected chi connectivity index (χ2v) is 2.05. The SMILES string of the molecule is CCl.CCl.c1ccncc1.c1ccncc1. The maximum Gasteiger partial charge on any atom is 0.0267 e. The smallest absolute Gasteiger partial charge is 0.0267 e. The Morgan fingerprint density at radius 3 is 0.812 bits per heavy atom. The van der Waals surface area contributed by atoms with Crippen molar-refractivity contribution in [2.75, 3.05) is 12.8 Å². The van der Waals surface area contributed by atoms with Crippen LogP contribution in [0.2, 0.25) is 0 Å². The van der Waals surface area contributed by atoms with Crippen molar-refractivity contribution in [2.24, 2.45) is 0 Å². The number of rotatable bonds is 0. The van der Waals surface area contributed by atoms with E-state index in [1.165, 1.54) is 12.8 Å². The molecule has 88 valence electrons. The first kappa shape index (κ1) is 17.3. The van der Waals surface area contributed by atoms with Crippen LogP contribution in [0.15, 0.2) is 61.2 Å². The van der Waals surface area contributed by atoms with Crippen LogP contribution in [0, 0.1) is 0 Å². The van der Waals surface area contributed by atoms with Gasteiger partial charge in [-0.15, -0.1) is 23.2 Å². The number of hydrogen-bond acceptors (Lipinski definition) is 2. The number of halogens is 2. The van der Waals surface area contributed by atoms with Crippen molar-refractivity contribution in [3.05, 3.63) is 61.2 Å². The van der Waals surface area contributed by atoms with Gasteiger partial charge in [-0.3, -0.25) is 9.97 Å². The molecule has 0 aliphatic heterocycles. The van der Waals surface area contributed by atoms with Gasteiger partial charge in [-0.25, -0.2) is 0 Å². The van der Waals surface area contributed by atoms with E-state index in [0.717, 1.165) is 0 Å². The molecule has 2 rings (SSSR count). The molecule has 0 bridgehead atoms. The lowest BCUT2D eigenvalue weighted by atomic mass is 10.5. The van der Waals surface area contributed by atoms with E-state index in [0.29, 0.717) is 0 Å². The van der Waals surface area contributed by atoms with Crippen molar-refractivity contribution in [1.29, 1.82) is 0 Å². The first-order valence-electron chi connectivity index (χ1n) is 4.46. The van der Waals surface area contributed by atoms with Crippen LogP contribution in [0.3, 0.4) is 0 Å². The van der Waals surface area contributed by atoms with Gasteiger partial charge in [0.1, 0.15) is 0 Å². The zero-order valence-electron chi connectivity index (χ0n) is 9.42. The van der Waals surface area contributed by atoms with E-state index in [9.17, 15) is 0 Å². The summed E-state index contributed by atoms with van der Waals surface area (Å²) < 4.78 is 0. The lowest BCUT2D eigenvalue weighted by Crippen LogP contribution is -1.58. The topological polar surface area (TPSA) is 25.8 Å². The zero-order valence-corrected chi connectivity index (χ0v) is 10.9. The van der Waals surface area contributed by atoms with Crippen molar-refractivity contribution in [3.8, 4) is 0 Å². The van der Waals surface area contributed by atoms with Crippen LogP contribution < -0.4 is 0 Å². The van der Waals surface area contributed by atoms with E-state index in [2.05, 4.69) is 33.2 Å². The largest absolute Gasteiger partial charge is 0.265 e. The average Bonchev–Trinajstić information content (AvgIpc) is 2.48. The molecule has 0 spiro atoms. The van der Waals surface area contributed by atoms with Gasteiger partial charge in [-0.2, -0.15) is 0 Å². The molecule has 0 aliphatic rings. The number of aromatic nitrogens is 2. The van der Waals surface area contributed by atoms with Gasteiger partial charge in [-0.05, 0) is 24.3 Å². The predicted octanol–water partition coefficient (Wildman–Crippen LogP) is 3.87. The van der Waals surface area contributed by atoms with Gasteiger partial charge in [-0.1, -0.05) is 12.1 Å². The van der Waals surface area contributed by atoms with Gasteiger partial charge in [0.05, 0.1) is 0 Å². The summed E-state index contributed by atoms with van der Waals surface area (Å²) in [6.07, 6.45) is 9.94. The molecule has 0 radical (unpaired) electrons. The highest BCUT2D eigenvalue weighted by molar-refractivity contribution is 6.15. The Labute approximate surface area is 107 Å². The van der Waals surface area contributed by atoms with Gasteiger partial charge >= 0.3 is 0 Å². The van der Waals surface area contributed by atoms with E-state index in [1.807, 2.05) is 36.4 Å². The predicted molar refractivity (Wildman–Crippen MR) is 72.0 cm³/mol. The van der Waals surface area contributed by atoms with Gasteiger partial charge in [0.15, 0.2) is 0 Å². The molecule has 0 N–H and O–H groups in total. The Kier molecular flexibility index (Phi) is 21.0. The monoisotopic (exact) mass is 258 g/mol. The van der Waals surface area contributed by atoms with E-state index in [-0.39, 0.29) is 0 Å². The molecule has 0 unspecified atom stereocenters. The third-order valence-corrected chi connectivity index (χ3v) is 1.13. The standard InChI is InChI=1S/2C5H5N.2CH3Cl/c2*1-2-4-6-5-3-1;2*1-2/h2*1-5H;2*1H3. The lowest BCUT2D eigenvalue weighted by molar-refractivity contribution is 1.33. The van der Waals surface area contributed by atoms with Crippen LogP contribution >= 0.6 is 23.2 Å². The number of alkyl halides is 2. The molecule has 2 nitrogen and oxygen atoms in total. The van der Waals surface area contributed by atoms with E-state index in [1.54, 1.807) is 24.8 Å². The van der Waals surface area contributed by atoms with Crippen molar-refractivity contribution in [1.82, 2.24) is 9.97 Å². The Balaban J connectivity index is 0. The van der Waals surface area contributed by atoms with Crippen LogP contribution in [0.25, 0.3) is 0 Å². The van der Waals surface area contributed by atoms with Crippen LogP contribution in [0.1, 0.15) is 0 Å². The number of hydrogen-bond donors (Lipinski definition) is 0. The van der Waals surface area contributed by atoms with Gasteiger partial charge < -0.3 is 0 Å². The van der Waals surface area contributed by atoms with Gasteiger partial charge in [0.25, 0.3) is 0 Å². The second kappa shape index (κ2) is 19.5. The number of pyridine rings is 2. The van der Waals surface area contributed by atoms with Crippen LogP contribution in [0.5, 0.6) is 0 Å². The van der Waals surface area contributed by atoms with E-state index < -0.39 is 0 Å². The fourth-order valence-corrected chi connectivity index (χ4v) is 0.625. The quantitative estimate of drug-likeness (QED) is 0.671. The van der Waals surface area contributed by atoms with Gasteiger partial charge in [0.2, 0.25) is 0 Å². The number of nitrogens with zero attached hydrogens (tertiary/aromatic N) is 2. The molecular formula is C12H16Cl2N2. The minimum absolute atomic E-state index is 1.47. The molecule has 2 heterocycles. The maximum absolute atomic E-state index is 4.64. The molecule has 2 aromatic heterocycles. The Bertz CT molecular complexity index is 192. The summed E-state index contributed by atoms with van der Waals surface area (Å²) in [7, 11) is 0. The van der Waals surface area contributed by atoms with Crippen LogP contribution in [0.4, 0.5) is 0 Å². The molecule has 2 aromatic rings. The first-order chi connectivity index (χ1) is 8.00. The second-order valence-electron chi connectivity index (χ2n) is 2.05. The molecule has 0 amide bonds. The summed E-state index contributed by atoms with van der Waals surface area (Å²) in [4.78, 5) is 7.57. The third-order valence-electron chi connectivity index (χ3n) is 1.13. The minimum Gasteiger partial charge on any atom is -0.265 e. The first-order valence-corrected chi connectivity index (χ1v) is 5.97. The minimum atomic E-state index is 1.47. The molecule has 0 fully saturated rings. The molecule has 16 heavy (non-hydrogen) atoms. The van der Waals surface area contributed by atoms with E-state index in [4.69, 9.17) is 0 Å². The van der Waals surface area contributed by atoms with Gasteiger partial charge in [0, 0.05) is 37.6 Å². The summed E-state index contributed by atoms with van der Waals surface area (Å²) in [5, 5.41) is 0. The summed E-state index contributed by atoms with van der Waals surface area (Å²) >= 11 is 9.28. The average molecular weight is 259 g/mol. The highest BCUT2D eigenvalue weighted by Crippen LogP contribution is 1.74. The normalized spacial score (nSPS) is 6.75. The van der Waals surface area contributed by atoms with E-state index >= 15 is 0 Å². The van der Waals surface area contributed by atoms with Crippen molar-refractivity contribution in [3.63, 3.8) is 0 Å². The van der Waals surface area contributed by atoms with Crippen LogP contribution in [-0.2, 0) is 0 Å². The summed E-state index contributed by atoms with van der Waals surface area (Å²) in [5.74, 6) is 0. The Hall–Kier alpha value is -1.12. The molecule has 0 saturated heterocycles. The zero-order chi connectivity index (χ0) is 12.5. The fourth-order valence-electron chi connectivity index (χ4n) is 0.625.